The number of nitrogens with zero attached hydrogens (tertiary/aromatic N) is 1. The molecule has 114 valence electrons. The van der Waals surface area contributed by atoms with Crippen molar-refractivity contribution >= 4 is 21.4 Å². The lowest BCUT2D eigenvalue weighted by atomic mass is 10.3. The molecule has 1 aromatic heterocycles. The van der Waals surface area contributed by atoms with Gasteiger partial charge in [-0.05, 0) is 50.8 Å². The fourth-order valence-electron chi connectivity index (χ4n) is 2.55. The molecule has 20 heavy (non-hydrogen) atoms. The maximum atomic E-state index is 12.4. The molecule has 0 amide bonds. The fourth-order valence-corrected chi connectivity index (χ4v) is 5.39. The van der Waals surface area contributed by atoms with Gasteiger partial charge in [0.1, 0.15) is 4.90 Å². The van der Waals surface area contributed by atoms with Gasteiger partial charge in [-0.25, -0.2) is 13.1 Å². The van der Waals surface area contributed by atoms with Crippen LogP contribution in [0, 0.1) is 6.92 Å². The monoisotopic (exact) mass is 317 g/mol. The summed E-state index contributed by atoms with van der Waals surface area (Å²) < 4.78 is 27.6. The van der Waals surface area contributed by atoms with Gasteiger partial charge in [0.15, 0.2) is 0 Å². The van der Waals surface area contributed by atoms with Gasteiger partial charge in [0.2, 0.25) is 10.0 Å². The van der Waals surface area contributed by atoms with Crippen LogP contribution in [-0.2, 0) is 16.6 Å². The van der Waals surface area contributed by atoms with E-state index in [1.54, 1.807) is 0 Å². The highest BCUT2D eigenvalue weighted by atomic mass is 32.2. The third-order valence-electron chi connectivity index (χ3n) is 3.51. The van der Waals surface area contributed by atoms with Gasteiger partial charge in [-0.1, -0.05) is 0 Å². The normalized spacial score (nSPS) is 16.9. The van der Waals surface area contributed by atoms with Crippen molar-refractivity contribution < 1.29 is 8.42 Å². The number of nitrogens with one attached hydrogen (secondary N) is 2. The molecular weight excluding hydrogens is 294 g/mol. The molecule has 0 bridgehead atoms. The fraction of sp³-hybridized carbons (Fsp3) is 0.692. The average Bonchev–Trinajstić information content (AvgIpc) is 3.00. The van der Waals surface area contributed by atoms with Crippen LogP contribution in [0.2, 0.25) is 0 Å². The molecule has 0 saturated carbocycles. The van der Waals surface area contributed by atoms with Crippen molar-refractivity contribution in [3.05, 3.63) is 15.8 Å². The van der Waals surface area contributed by atoms with Crippen LogP contribution in [0.15, 0.2) is 10.3 Å². The molecule has 1 saturated heterocycles. The van der Waals surface area contributed by atoms with Crippen LogP contribution in [0.3, 0.4) is 0 Å². The predicted molar refractivity (Wildman–Crippen MR) is 82.7 cm³/mol. The molecule has 0 radical (unpaired) electrons. The summed E-state index contributed by atoms with van der Waals surface area (Å²) in [5.41, 5.74) is 0.828. The first-order valence-corrected chi connectivity index (χ1v) is 9.34. The lowest BCUT2D eigenvalue weighted by Crippen LogP contribution is -2.34. The number of rotatable bonds is 7. The minimum atomic E-state index is -3.40. The Morgan fingerprint density at radius 3 is 2.70 bits per heavy atom. The van der Waals surface area contributed by atoms with E-state index in [-0.39, 0.29) is 0 Å². The van der Waals surface area contributed by atoms with Gasteiger partial charge in [0.25, 0.3) is 0 Å². The van der Waals surface area contributed by atoms with Crippen molar-refractivity contribution in [3.8, 4) is 0 Å². The number of sulfonamides is 1. The van der Waals surface area contributed by atoms with Gasteiger partial charge in [-0.2, -0.15) is 0 Å². The Morgan fingerprint density at radius 2 is 2.05 bits per heavy atom. The zero-order chi connectivity index (χ0) is 14.6. The Bertz CT molecular complexity index is 534. The van der Waals surface area contributed by atoms with Crippen LogP contribution in [0.4, 0.5) is 0 Å². The second kappa shape index (κ2) is 7.00. The zero-order valence-electron chi connectivity index (χ0n) is 12.1. The molecule has 0 spiro atoms. The third kappa shape index (κ3) is 3.79. The molecule has 5 nitrogen and oxygen atoms in total. The number of hydrogen-bond donors (Lipinski definition) is 2. The highest BCUT2D eigenvalue weighted by Gasteiger charge is 2.22. The largest absolute Gasteiger partial charge is 0.315 e. The zero-order valence-corrected chi connectivity index (χ0v) is 13.7. The van der Waals surface area contributed by atoms with E-state index < -0.39 is 10.0 Å². The molecular formula is C13H23N3O2S2. The Hall–Kier alpha value is -0.470. The van der Waals surface area contributed by atoms with E-state index >= 15 is 0 Å². The molecule has 1 fully saturated rings. The highest BCUT2D eigenvalue weighted by molar-refractivity contribution is 7.89. The number of likely N-dealkylation sites (tertiary alicyclic amines) is 1. The van der Waals surface area contributed by atoms with Crippen LogP contribution >= 0.6 is 11.3 Å². The number of thiophene rings is 1. The topological polar surface area (TPSA) is 61.4 Å². The molecule has 2 heterocycles. The van der Waals surface area contributed by atoms with Gasteiger partial charge in [-0.15, -0.1) is 11.3 Å². The lowest BCUT2D eigenvalue weighted by Gasteiger charge is -2.15. The van der Waals surface area contributed by atoms with Gasteiger partial charge >= 0.3 is 0 Å². The van der Waals surface area contributed by atoms with Crippen molar-refractivity contribution in [1.82, 2.24) is 14.9 Å². The molecule has 1 aliphatic rings. The molecule has 0 aromatic carbocycles. The smallest absolute Gasteiger partial charge is 0.242 e. The van der Waals surface area contributed by atoms with Crippen molar-refractivity contribution in [2.45, 2.75) is 31.2 Å². The maximum absolute atomic E-state index is 12.4. The predicted octanol–water partition coefficient (Wildman–Crippen LogP) is 1.15. The van der Waals surface area contributed by atoms with E-state index in [1.807, 2.05) is 19.4 Å². The highest BCUT2D eigenvalue weighted by Crippen LogP contribution is 2.26. The molecule has 7 heteroatoms. The Kier molecular flexibility index (Phi) is 5.57. The van der Waals surface area contributed by atoms with E-state index in [0.29, 0.717) is 18.0 Å². The van der Waals surface area contributed by atoms with Crippen LogP contribution in [-0.4, -0.2) is 46.5 Å². The van der Waals surface area contributed by atoms with E-state index in [0.717, 1.165) is 30.1 Å². The van der Waals surface area contributed by atoms with E-state index in [2.05, 4.69) is 14.9 Å². The molecule has 2 rings (SSSR count). The lowest BCUT2D eigenvalue weighted by molar-refractivity contribution is 0.344. The van der Waals surface area contributed by atoms with Crippen molar-refractivity contribution in [1.29, 1.82) is 0 Å². The molecule has 1 aliphatic heterocycles. The summed E-state index contributed by atoms with van der Waals surface area (Å²) in [4.78, 5) is 3.63. The molecule has 0 atom stereocenters. The minimum Gasteiger partial charge on any atom is -0.315 e. The van der Waals surface area contributed by atoms with Crippen molar-refractivity contribution in [2.24, 2.45) is 0 Å². The Balaban J connectivity index is 2.00. The summed E-state index contributed by atoms with van der Waals surface area (Å²) in [6, 6.07) is 0. The summed E-state index contributed by atoms with van der Waals surface area (Å²) in [5, 5.41) is 4.93. The summed E-state index contributed by atoms with van der Waals surface area (Å²) >= 11 is 1.49. The average molecular weight is 317 g/mol. The molecule has 0 aliphatic carbocycles. The van der Waals surface area contributed by atoms with E-state index in [1.165, 1.54) is 24.2 Å². The second-order valence-electron chi connectivity index (χ2n) is 5.15. The SMILES string of the molecule is CNCc1scc(C)c1S(=O)(=O)NCCN1CCCC1. The third-order valence-corrected chi connectivity index (χ3v) is 6.44. The first-order chi connectivity index (χ1) is 9.54. The van der Waals surface area contributed by atoms with Crippen LogP contribution in [0.25, 0.3) is 0 Å². The van der Waals surface area contributed by atoms with Crippen LogP contribution in [0.5, 0.6) is 0 Å². The van der Waals surface area contributed by atoms with Gasteiger partial charge in [0.05, 0.1) is 0 Å². The summed E-state index contributed by atoms with van der Waals surface area (Å²) in [5.74, 6) is 0. The molecule has 1 aromatic rings. The van der Waals surface area contributed by atoms with Crippen LogP contribution < -0.4 is 10.0 Å². The van der Waals surface area contributed by atoms with Gasteiger partial charge in [0, 0.05) is 24.5 Å². The van der Waals surface area contributed by atoms with Gasteiger partial charge in [-0.3, -0.25) is 0 Å². The maximum Gasteiger partial charge on any atom is 0.242 e. The van der Waals surface area contributed by atoms with Crippen molar-refractivity contribution in [2.75, 3.05) is 33.2 Å². The van der Waals surface area contributed by atoms with Crippen molar-refractivity contribution in [3.63, 3.8) is 0 Å². The van der Waals surface area contributed by atoms with E-state index in [9.17, 15) is 8.42 Å². The Labute approximate surface area is 125 Å². The first-order valence-electron chi connectivity index (χ1n) is 6.98. The van der Waals surface area contributed by atoms with Crippen LogP contribution in [0.1, 0.15) is 23.3 Å². The molecule has 0 unspecified atom stereocenters. The Morgan fingerprint density at radius 1 is 1.35 bits per heavy atom. The number of aryl methyl sites for hydroxylation is 1. The summed E-state index contributed by atoms with van der Waals surface area (Å²) in [6.07, 6.45) is 2.45. The minimum absolute atomic E-state index is 0.457. The quantitative estimate of drug-likeness (QED) is 0.792. The summed E-state index contributed by atoms with van der Waals surface area (Å²) in [7, 11) is -1.57. The summed E-state index contributed by atoms with van der Waals surface area (Å²) in [6.45, 7) is 5.89. The first kappa shape index (κ1) is 15.9. The van der Waals surface area contributed by atoms with E-state index in [4.69, 9.17) is 0 Å². The number of hydrogen-bond acceptors (Lipinski definition) is 5. The second-order valence-corrected chi connectivity index (χ2v) is 7.82. The van der Waals surface area contributed by atoms with Gasteiger partial charge < -0.3 is 10.2 Å². The standard InChI is InChI=1S/C13H23N3O2S2/c1-11-10-19-12(9-14-2)13(11)20(17,18)15-5-8-16-6-3-4-7-16/h10,14-15H,3-9H2,1-2H3. The molecule has 2 N–H and O–H groups in total.